The zero-order valence-electron chi connectivity index (χ0n) is 23.8. The van der Waals surface area contributed by atoms with E-state index in [1.165, 1.54) is 17.7 Å². The summed E-state index contributed by atoms with van der Waals surface area (Å²) >= 11 is 0. The molecule has 204 valence electrons. The van der Waals surface area contributed by atoms with Crippen molar-refractivity contribution < 1.29 is 9.13 Å². The van der Waals surface area contributed by atoms with Crippen LogP contribution in [0.5, 0.6) is 0 Å². The minimum atomic E-state index is -0.341. The molecule has 0 spiro atoms. The summed E-state index contributed by atoms with van der Waals surface area (Å²) in [6.45, 7) is 12.5. The largest absolute Gasteiger partial charge is 0.501 e. The van der Waals surface area contributed by atoms with Crippen molar-refractivity contribution in [2.24, 2.45) is 0 Å². The highest BCUT2D eigenvalue weighted by atomic mass is 19.1. The summed E-state index contributed by atoms with van der Waals surface area (Å²) in [5.41, 5.74) is 5.11. The standard InChI is InChI=1S/C32H33FN2O2.C2H6/c1-5-6-7-8-31-34-30-21-25(23(3)19-28(37-4)20-24-11-9-22(2)10-12-24)13-18-29(30)32(36)35(31)27-16-14-26(33)15-17-27;1-2/h9-19,21H,3,5-8,20H2,1-2,4H3;1-2H3/b28-19-;. The number of unbranched alkanes of at least 4 members (excludes halogenated alkanes) is 2. The van der Waals surface area contributed by atoms with Gasteiger partial charge in [0, 0.05) is 12.8 Å². The van der Waals surface area contributed by atoms with Gasteiger partial charge in [-0.15, -0.1) is 0 Å². The Hall–Kier alpha value is -3.99. The van der Waals surface area contributed by atoms with Crippen molar-refractivity contribution in [2.45, 2.75) is 59.8 Å². The molecule has 5 heteroatoms. The molecule has 39 heavy (non-hydrogen) atoms. The van der Waals surface area contributed by atoms with Gasteiger partial charge >= 0.3 is 0 Å². The molecule has 1 aromatic heterocycles. The molecule has 0 N–H and O–H groups in total. The third kappa shape index (κ3) is 7.53. The lowest BCUT2D eigenvalue weighted by Crippen LogP contribution is -2.24. The number of nitrogens with zero attached hydrogens (tertiary/aromatic N) is 2. The van der Waals surface area contributed by atoms with Crippen LogP contribution in [0.4, 0.5) is 4.39 Å². The molecule has 0 aliphatic rings. The lowest BCUT2D eigenvalue weighted by molar-refractivity contribution is 0.283. The summed E-state index contributed by atoms with van der Waals surface area (Å²) in [7, 11) is 1.66. The molecule has 0 bridgehead atoms. The van der Waals surface area contributed by atoms with E-state index >= 15 is 0 Å². The molecular weight excluding hydrogens is 487 g/mol. The number of allylic oxidation sites excluding steroid dienone is 3. The summed E-state index contributed by atoms with van der Waals surface area (Å²) < 4.78 is 20.8. The molecule has 0 saturated carbocycles. The van der Waals surface area contributed by atoms with Crippen LogP contribution in [0, 0.1) is 12.7 Å². The minimum absolute atomic E-state index is 0.159. The zero-order valence-corrected chi connectivity index (χ0v) is 23.8. The van der Waals surface area contributed by atoms with E-state index in [2.05, 4.69) is 44.7 Å². The SMILES string of the molecule is C=C(/C=C(/Cc1ccc(C)cc1)OC)c1ccc2c(=O)n(-c3ccc(F)cc3)c(CCCCC)nc2c1.CC. The van der Waals surface area contributed by atoms with Gasteiger partial charge in [-0.1, -0.05) is 76.1 Å². The average molecular weight is 527 g/mol. The van der Waals surface area contributed by atoms with Crippen LogP contribution < -0.4 is 5.56 Å². The predicted octanol–water partition coefficient (Wildman–Crippen LogP) is 8.38. The summed E-state index contributed by atoms with van der Waals surface area (Å²) in [6, 6.07) is 19.9. The summed E-state index contributed by atoms with van der Waals surface area (Å²) in [4.78, 5) is 18.5. The van der Waals surface area contributed by atoms with Crippen LogP contribution in [-0.4, -0.2) is 16.7 Å². The number of methoxy groups -OCH3 is 1. The van der Waals surface area contributed by atoms with Crippen molar-refractivity contribution in [3.05, 3.63) is 124 Å². The smallest absolute Gasteiger partial charge is 0.265 e. The fourth-order valence-electron chi connectivity index (χ4n) is 4.36. The Morgan fingerprint density at radius 2 is 1.72 bits per heavy atom. The third-order valence-corrected chi connectivity index (χ3v) is 6.49. The second kappa shape index (κ2) is 14.2. The highest BCUT2D eigenvalue weighted by molar-refractivity contribution is 5.84. The van der Waals surface area contributed by atoms with Gasteiger partial charge in [-0.3, -0.25) is 9.36 Å². The number of halogens is 1. The maximum Gasteiger partial charge on any atom is 0.265 e. The topological polar surface area (TPSA) is 44.1 Å². The molecule has 4 rings (SSSR count). The molecule has 0 radical (unpaired) electrons. The first kappa shape index (κ1) is 29.6. The van der Waals surface area contributed by atoms with Crippen LogP contribution in [0.25, 0.3) is 22.2 Å². The predicted molar refractivity (Wildman–Crippen MR) is 161 cm³/mol. The molecule has 0 fully saturated rings. The van der Waals surface area contributed by atoms with Gasteiger partial charge in [0.05, 0.1) is 23.7 Å². The van der Waals surface area contributed by atoms with E-state index in [0.29, 0.717) is 35.3 Å². The number of hydrogen-bond acceptors (Lipinski definition) is 3. The molecule has 4 aromatic rings. The van der Waals surface area contributed by atoms with E-state index in [-0.39, 0.29) is 11.4 Å². The maximum atomic E-state index is 13.6. The lowest BCUT2D eigenvalue weighted by atomic mass is 10.0. The first-order valence-corrected chi connectivity index (χ1v) is 13.7. The molecule has 0 aliphatic heterocycles. The second-order valence-corrected chi connectivity index (χ2v) is 9.34. The summed E-state index contributed by atoms with van der Waals surface area (Å²) in [5.74, 6) is 1.13. The lowest BCUT2D eigenvalue weighted by Gasteiger charge is -2.14. The van der Waals surface area contributed by atoms with Crippen molar-refractivity contribution in [2.75, 3.05) is 7.11 Å². The first-order valence-electron chi connectivity index (χ1n) is 13.7. The number of aryl methyl sites for hydroxylation is 2. The fourth-order valence-corrected chi connectivity index (χ4v) is 4.36. The van der Waals surface area contributed by atoms with E-state index in [4.69, 9.17) is 9.72 Å². The van der Waals surface area contributed by atoms with Gasteiger partial charge in [0.2, 0.25) is 0 Å². The number of benzene rings is 3. The van der Waals surface area contributed by atoms with E-state index in [1.807, 2.05) is 32.1 Å². The van der Waals surface area contributed by atoms with E-state index in [9.17, 15) is 9.18 Å². The second-order valence-electron chi connectivity index (χ2n) is 9.34. The number of ether oxygens (including phenoxy) is 1. The fraction of sp³-hybridized carbons (Fsp3) is 0.294. The van der Waals surface area contributed by atoms with Crippen molar-refractivity contribution >= 4 is 16.5 Å². The van der Waals surface area contributed by atoms with Crippen LogP contribution in [0.1, 0.15) is 62.5 Å². The highest BCUT2D eigenvalue weighted by Crippen LogP contribution is 2.23. The van der Waals surface area contributed by atoms with Gasteiger partial charge in [0.25, 0.3) is 5.56 Å². The Labute approximate surface area is 231 Å². The molecular formula is C34H39FN2O2. The molecule has 0 saturated heterocycles. The molecule has 4 nitrogen and oxygen atoms in total. The van der Waals surface area contributed by atoms with E-state index < -0.39 is 0 Å². The first-order chi connectivity index (χ1) is 18.9. The van der Waals surface area contributed by atoms with Crippen LogP contribution in [0.3, 0.4) is 0 Å². The van der Waals surface area contributed by atoms with Gasteiger partial charge in [0.15, 0.2) is 0 Å². The van der Waals surface area contributed by atoms with Crippen molar-refractivity contribution in [3.8, 4) is 5.69 Å². The molecule has 0 atom stereocenters. The van der Waals surface area contributed by atoms with Gasteiger partial charge < -0.3 is 4.74 Å². The summed E-state index contributed by atoms with van der Waals surface area (Å²) in [5, 5.41) is 0.510. The maximum absolute atomic E-state index is 13.6. The van der Waals surface area contributed by atoms with Crippen LogP contribution >= 0.6 is 0 Å². The average Bonchev–Trinajstić information content (AvgIpc) is 2.95. The number of fused-ring (bicyclic) bond motifs is 1. The van der Waals surface area contributed by atoms with Crippen molar-refractivity contribution in [1.29, 1.82) is 0 Å². The molecule has 0 amide bonds. The van der Waals surface area contributed by atoms with Gasteiger partial charge in [-0.25, -0.2) is 9.37 Å². The Morgan fingerprint density at radius 1 is 1.03 bits per heavy atom. The molecule has 0 aliphatic carbocycles. The van der Waals surface area contributed by atoms with Crippen LogP contribution in [0.15, 0.2) is 89.9 Å². The number of rotatable bonds is 10. The zero-order chi connectivity index (χ0) is 28.4. The Balaban J connectivity index is 0.00000205. The Kier molecular flexibility index (Phi) is 10.8. The molecule has 1 heterocycles. The third-order valence-electron chi connectivity index (χ3n) is 6.49. The van der Waals surface area contributed by atoms with E-state index in [1.54, 1.807) is 29.9 Å². The quantitative estimate of drug-likeness (QED) is 0.118. The summed E-state index contributed by atoms with van der Waals surface area (Å²) in [6.07, 6.45) is 6.27. The van der Waals surface area contributed by atoms with E-state index in [0.717, 1.165) is 41.7 Å². The highest BCUT2D eigenvalue weighted by Gasteiger charge is 2.14. The number of hydrogen-bond donors (Lipinski definition) is 0. The van der Waals surface area contributed by atoms with Crippen molar-refractivity contribution in [1.82, 2.24) is 9.55 Å². The normalized spacial score (nSPS) is 11.2. The van der Waals surface area contributed by atoms with Crippen LogP contribution in [-0.2, 0) is 17.6 Å². The van der Waals surface area contributed by atoms with Gasteiger partial charge in [0.1, 0.15) is 17.4 Å². The number of aromatic nitrogens is 2. The minimum Gasteiger partial charge on any atom is -0.501 e. The molecule has 3 aromatic carbocycles. The molecule has 0 unspecified atom stereocenters. The van der Waals surface area contributed by atoms with Gasteiger partial charge in [-0.05, 0) is 72.5 Å². The Morgan fingerprint density at radius 3 is 2.36 bits per heavy atom. The van der Waals surface area contributed by atoms with Crippen molar-refractivity contribution in [3.63, 3.8) is 0 Å². The Bertz CT molecular complexity index is 1480. The van der Waals surface area contributed by atoms with Crippen LogP contribution in [0.2, 0.25) is 0 Å². The monoisotopic (exact) mass is 526 g/mol. The van der Waals surface area contributed by atoms with Gasteiger partial charge in [-0.2, -0.15) is 0 Å².